The van der Waals surface area contributed by atoms with Crippen LogP contribution in [0.4, 0.5) is 0 Å². The lowest BCUT2D eigenvalue weighted by Crippen LogP contribution is -2.32. The molecule has 2 aromatic heterocycles. The van der Waals surface area contributed by atoms with E-state index >= 15 is 0 Å². The van der Waals surface area contributed by atoms with Gasteiger partial charge < -0.3 is 15.2 Å². The third kappa shape index (κ3) is 5.31. The molecule has 1 amide bonds. The molecule has 2 heterocycles. The molecular weight excluding hydrogens is 300 g/mol. The van der Waals surface area contributed by atoms with Crippen LogP contribution < -0.4 is 10.1 Å². The van der Waals surface area contributed by atoms with Crippen LogP contribution in [0.25, 0.3) is 6.08 Å². The minimum Gasteiger partial charge on any atom is -0.487 e. The molecule has 0 saturated heterocycles. The molecule has 0 aliphatic carbocycles. The molecule has 0 aromatic carbocycles. The van der Waals surface area contributed by atoms with Crippen LogP contribution in [0.5, 0.6) is 5.75 Å². The Labute approximate surface area is 133 Å². The summed E-state index contributed by atoms with van der Waals surface area (Å²) in [6.45, 7) is 2.30. The summed E-state index contributed by atoms with van der Waals surface area (Å²) in [6.07, 6.45) is 6.37. The van der Waals surface area contributed by atoms with Crippen molar-refractivity contribution in [3.8, 4) is 5.75 Å². The Balaban J connectivity index is 1.75. The van der Waals surface area contributed by atoms with E-state index in [4.69, 9.17) is 9.84 Å². The number of nitrogens with one attached hydrogen (secondary N) is 1. The number of carbonyl (C=O) groups is 1. The maximum atomic E-state index is 11.7. The Kier molecular flexibility index (Phi) is 6.12. The number of thiophene rings is 1. The summed E-state index contributed by atoms with van der Waals surface area (Å²) in [5, 5.41) is 13.6. The second kappa shape index (κ2) is 8.31. The van der Waals surface area contributed by atoms with E-state index < -0.39 is 0 Å². The Morgan fingerprint density at radius 3 is 3.14 bits per heavy atom. The molecule has 2 N–H and O–H groups in total. The lowest BCUT2D eigenvalue weighted by atomic mass is 10.3. The SMILES string of the molecule is CC(CNC(=O)C=Cc1cc(CO)cs1)Oc1cccnc1. The van der Waals surface area contributed by atoms with Crippen molar-refractivity contribution in [1.29, 1.82) is 0 Å². The zero-order valence-electron chi connectivity index (χ0n) is 12.2. The van der Waals surface area contributed by atoms with Crippen LogP contribution in [0.2, 0.25) is 0 Å². The summed E-state index contributed by atoms with van der Waals surface area (Å²) in [7, 11) is 0. The van der Waals surface area contributed by atoms with Gasteiger partial charge in [-0.25, -0.2) is 0 Å². The van der Waals surface area contributed by atoms with E-state index in [0.717, 1.165) is 10.4 Å². The topological polar surface area (TPSA) is 71.5 Å². The predicted molar refractivity (Wildman–Crippen MR) is 86.6 cm³/mol. The summed E-state index contributed by atoms with van der Waals surface area (Å²) in [5.74, 6) is 0.496. The highest BCUT2D eigenvalue weighted by atomic mass is 32.1. The van der Waals surface area contributed by atoms with Crippen molar-refractivity contribution in [3.05, 3.63) is 52.5 Å². The summed E-state index contributed by atoms with van der Waals surface area (Å²) in [4.78, 5) is 16.6. The molecule has 0 bridgehead atoms. The third-order valence-corrected chi connectivity index (χ3v) is 3.74. The molecule has 0 aliphatic heterocycles. The zero-order valence-corrected chi connectivity index (χ0v) is 13.0. The van der Waals surface area contributed by atoms with E-state index in [9.17, 15) is 4.79 Å². The maximum absolute atomic E-state index is 11.7. The Bertz CT molecular complexity index is 625. The monoisotopic (exact) mass is 318 g/mol. The number of amides is 1. The molecule has 116 valence electrons. The van der Waals surface area contributed by atoms with Crippen LogP contribution in [0.15, 0.2) is 42.0 Å². The van der Waals surface area contributed by atoms with Crippen LogP contribution >= 0.6 is 11.3 Å². The van der Waals surface area contributed by atoms with Gasteiger partial charge in [-0.1, -0.05) is 0 Å². The van der Waals surface area contributed by atoms with Crippen LogP contribution in [0, 0.1) is 0 Å². The fourth-order valence-corrected chi connectivity index (χ4v) is 2.51. The second-order valence-corrected chi connectivity index (χ2v) is 5.65. The minimum atomic E-state index is -0.180. The van der Waals surface area contributed by atoms with Gasteiger partial charge in [0.05, 0.1) is 19.3 Å². The molecule has 1 unspecified atom stereocenters. The molecule has 0 spiro atoms. The summed E-state index contributed by atoms with van der Waals surface area (Å²) < 4.78 is 5.62. The van der Waals surface area contributed by atoms with Gasteiger partial charge in [0.25, 0.3) is 0 Å². The van der Waals surface area contributed by atoms with Crippen molar-refractivity contribution in [2.24, 2.45) is 0 Å². The zero-order chi connectivity index (χ0) is 15.8. The molecule has 0 radical (unpaired) electrons. The van der Waals surface area contributed by atoms with Crippen molar-refractivity contribution in [2.75, 3.05) is 6.54 Å². The second-order valence-electron chi connectivity index (χ2n) is 4.71. The minimum absolute atomic E-state index is 0.0136. The number of hydrogen-bond acceptors (Lipinski definition) is 5. The van der Waals surface area contributed by atoms with Crippen LogP contribution in [-0.4, -0.2) is 28.6 Å². The number of aliphatic hydroxyl groups excluding tert-OH is 1. The smallest absolute Gasteiger partial charge is 0.244 e. The number of nitrogens with zero attached hydrogens (tertiary/aromatic N) is 1. The lowest BCUT2D eigenvalue weighted by molar-refractivity contribution is -0.116. The average molecular weight is 318 g/mol. The van der Waals surface area contributed by atoms with E-state index in [1.54, 1.807) is 24.5 Å². The Morgan fingerprint density at radius 1 is 1.59 bits per heavy atom. The molecule has 0 saturated carbocycles. The molecule has 0 fully saturated rings. The van der Waals surface area contributed by atoms with Gasteiger partial charge in [0, 0.05) is 17.2 Å². The predicted octanol–water partition coefficient (Wildman–Crippen LogP) is 2.23. The standard InChI is InChI=1S/C16H18N2O3S/c1-12(21-14-3-2-6-17-9-14)8-18-16(20)5-4-15-7-13(10-19)11-22-15/h2-7,9,11-12,19H,8,10H2,1H3,(H,18,20). The molecule has 2 rings (SSSR count). The fraction of sp³-hybridized carbons (Fsp3) is 0.250. The first-order chi connectivity index (χ1) is 10.7. The Hall–Kier alpha value is -2.18. The molecule has 5 nitrogen and oxygen atoms in total. The lowest BCUT2D eigenvalue weighted by Gasteiger charge is -2.14. The number of carbonyl (C=O) groups excluding carboxylic acids is 1. The first-order valence-corrected chi connectivity index (χ1v) is 7.76. The first kappa shape index (κ1) is 16.2. The number of hydrogen-bond donors (Lipinski definition) is 2. The van der Waals surface area contributed by atoms with E-state index in [1.165, 1.54) is 17.4 Å². The third-order valence-electron chi connectivity index (χ3n) is 2.79. The number of pyridine rings is 1. The molecular formula is C16H18N2O3S. The molecule has 0 aliphatic rings. The van der Waals surface area contributed by atoms with E-state index in [1.807, 2.05) is 24.4 Å². The highest BCUT2D eigenvalue weighted by molar-refractivity contribution is 7.11. The van der Waals surface area contributed by atoms with E-state index in [2.05, 4.69) is 10.3 Å². The molecule has 2 aromatic rings. The quantitative estimate of drug-likeness (QED) is 0.768. The van der Waals surface area contributed by atoms with E-state index in [-0.39, 0.29) is 18.6 Å². The highest BCUT2D eigenvalue weighted by Crippen LogP contribution is 2.16. The van der Waals surface area contributed by atoms with Gasteiger partial charge >= 0.3 is 0 Å². The van der Waals surface area contributed by atoms with Crippen molar-refractivity contribution < 1.29 is 14.6 Å². The number of ether oxygens (including phenoxy) is 1. The van der Waals surface area contributed by atoms with E-state index in [0.29, 0.717) is 12.3 Å². The normalized spacial score (nSPS) is 12.3. The van der Waals surface area contributed by atoms with Crippen molar-refractivity contribution in [2.45, 2.75) is 19.6 Å². The van der Waals surface area contributed by atoms with Gasteiger partial charge in [0.2, 0.25) is 5.91 Å². The summed E-state index contributed by atoms with van der Waals surface area (Å²) in [5.41, 5.74) is 0.851. The maximum Gasteiger partial charge on any atom is 0.244 e. The molecule has 22 heavy (non-hydrogen) atoms. The number of aromatic nitrogens is 1. The van der Waals surface area contributed by atoms with Gasteiger partial charge in [-0.3, -0.25) is 9.78 Å². The van der Waals surface area contributed by atoms with Crippen molar-refractivity contribution in [1.82, 2.24) is 10.3 Å². The van der Waals surface area contributed by atoms with Crippen molar-refractivity contribution in [3.63, 3.8) is 0 Å². The van der Waals surface area contributed by atoms with Gasteiger partial charge in [0.1, 0.15) is 11.9 Å². The van der Waals surface area contributed by atoms with Crippen LogP contribution in [0.1, 0.15) is 17.4 Å². The first-order valence-electron chi connectivity index (χ1n) is 6.88. The molecule has 6 heteroatoms. The summed E-state index contributed by atoms with van der Waals surface area (Å²) >= 11 is 1.48. The Morgan fingerprint density at radius 2 is 2.45 bits per heavy atom. The largest absolute Gasteiger partial charge is 0.487 e. The van der Waals surface area contributed by atoms with Gasteiger partial charge in [-0.05, 0) is 42.1 Å². The number of aliphatic hydroxyl groups is 1. The van der Waals surface area contributed by atoms with Gasteiger partial charge in [-0.15, -0.1) is 11.3 Å². The molecule has 1 atom stereocenters. The van der Waals surface area contributed by atoms with Crippen molar-refractivity contribution >= 4 is 23.3 Å². The number of rotatable bonds is 7. The average Bonchev–Trinajstić information content (AvgIpc) is 3.00. The van der Waals surface area contributed by atoms with Gasteiger partial charge in [-0.2, -0.15) is 0 Å². The van der Waals surface area contributed by atoms with Gasteiger partial charge in [0.15, 0.2) is 0 Å². The van der Waals surface area contributed by atoms with Crippen LogP contribution in [0.3, 0.4) is 0 Å². The summed E-state index contributed by atoms with van der Waals surface area (Å²) in [6, 6.07) is 5.47. The fourth-order valence-electron chi connectivity index (χ4n) is 1.72. The highest BCUT2D eigenvalue weighted by Gasteiger charge is 2.05. The van der Waals surface area contributed by atoms with Crippen LogP contribution in [-0.2, 0) is 11.4 Å².